The van der Waals surface area contributed by atoms with Gasteiger partial charge in [0.2, 0.25) is 23.6 Å². The van der Waals surface area contributed by atoms with E-state index in [-0.39, 0.29) is 96.3 Å². The number of benzene rings is 2. The predicted octanol–water partition coefficient (Wildman–Crippen LogP) is 2.57. The van der Waals surface area contributed by atoms with Crippen molar-refractivity contribution >= 4 is 81.5 Å². The molecule has 3 heterocycles. The normalized spacial score (nSPS) is 12.1. The summed E-state index contributed by atoms with van der Waals surface area (Å²) in [5.41, 5.74) is 7.29. The van der Waals surface area contributed by atoms with Crippen molar-refractivity contribution in [3.8, 4) is 0 Å². The number of ether oxygens (including phenoxy) is 2. The Hall–Kier alpha value is -8.26. The standard InChI is InChI=1S/C51H71N15O11/c1-8-76-30-39-58-43-44(66(39)31-51(4,5)75)36-13-9-10-14-37(36)56-45(43)60-49(73)63(6)24-25-64(7)50(74)77-29-33-16-18-34(19-17-33)55-46(70)38(15-11-22-54-48(52)72)57-47(71)42(32(2)3)59-41(69)28-65-27-35(61-62-65)20-21-40(68)53-23-12-26-67/h9-10,13-14,16-19,26-27,32,38,42,75H,8,11-12,15,20-25,28-31H2,1-7H3,(H,53,68)(H,55,70)(H,57,71)(H,59,69)(H3,52,54,72)(H,56,60,73)/t38-,42-/m0/s1. The predicted molar refractivity (Wildman–Crippen MR) is 284 cm³/mol. The Morgan fingerprint density at radius 1 is 0.883 bits per heavy atom. The monoisotopic (exact) mass is 1070 g/mol. The highest BCUT2D eigenvalue weighted by molar-refractivity contribution is 6.09. The number of fused-ring (bicyclic) bond motifs is 3. The number of nitrogens with zero attached hydrogens (tertiary/aromatic N) is 8. The number of aldehydes is 1. The minimum atomic E-state index is -1.11. The summed E-state index contributed by atoms with van der Waals surface area (Å²) in [7, 11) is 3.12. The van der Waals surface area contributed by atoms with Crippen LogP contribution in [0.4, 0.5) is 25.9 Å². The molecule has 0 aliphatic rings. The molecule has 9 amide bonds. The van der Waals surface area contributed by atoms with Crippen LogP contribution in [0.15, 0.2) is 54.7 Å². The van der Waals surface area contributed by atoms with E-state index in [9.17, 15) is 43.5 Å². The van der Waals surface area contributed by atoms with Crippen LogP contribution in [0.2, 0.25) is 0 Å². The van der Waals surface area contributed by atoms with E-state index in [1.165, 1.54) is 27.7 Å². The fourth-order valence-electron chi connectivity index (χ4n) is 7.77. The van der Waals surface area contributed by atoms with Crippen molar-refractivity contribution in [2.75, 3.05) is 57.5 Å². The Labute approximate surface area is 445 Å². The van der Waals surface area contributed by atoms with E-state index in [0.29, 0.717) is 52.2 Å². The topological polar surface area (TPSA) is 341 Å². The van der Waals surface area contributed by atoms with Crippen LogP contribution in [0, 0.1) is 5.92 Å². The SMILES string of the molecule is CCOCc1nc2c(NC(=O)N(C)CCN(C)C(=O)OCc3ccc(NC(=O)[C@H](CCCNC(N)=O)NC(=O)[C@@H](NC(=O)Cn4cc(CCC(=O)NCCC=O)nn4)C(C)C)cc3)nc3ccccc3c2n1CC(C)(C)O. The van der Waals surface area contributed by atoms with E-state index >= 15 is 0 Å². The number of likely N-dealkylation sites (N-methyl/N-ethyl adjacent to an activating group) is 2. The van der Waals surface area contributed by atoms with Crippen molar-refractivity contribution in [1.29, 1.82) is 0 Å². The third kappa shape index (κ3) is 18.5. The van der Waals surface area contributed by atoms with Crippen LogP contribution in [0.1, 0.15) is 77.4 Å². The average molecular weight is 1070 g/mol. The van der Waals surface area contributed by atoms with Gasteiger partial charge in [-0.2, -0.15) is 0 Å². The lowest BCUT2D eigenvalue weighted by atomic mass is 10.0. The molecule has 0 fully saturated rings. The van der Waals surface area contributed by atoms with Crippen LogP contribution >= 0.6 is 0 Å². The molecule has 5 rings (SSSR count). The van der Waals surface area contributed by atoms with Gasteiger partial charge in [-0.15, -0.1) is 5.10 Å². The highest BCUT2D eigenvalue weighted by Crippen LogP contribution is 2.32. The van der Waals surface area contributed by atoms with Gasteiger partial charge in [-0.25, -0.2) is 29.0 Å². The minimum Gasteiger partial charge on any atom is -0.445 e. The molecule has 0 saturated heterocycles. The van der Waals surface area contributed by atoms with Crippen molar-refractivity contribution in [2.24, 2.45) is 11.7 Å². The lowest BCUT2D eigenvalue weighted by molar-refractivity contribution is -0.132. The first kappa shape index (κ1) is 59.6. The van der Waals surface area contributed by atoms with Crippen molar-refractivity contribution in [3.05, 3.63) is 71.8 Å². The molecular weight excluding hydrogens is 999 g/mol. The Balaban J connectivity index is 1.13. The number of carbonyl (C=O) groups excluding carboxylic acids is 8. The summed E-state index contributed by atoms with van der Waals surface area (Å²) in [5.74, 6) is -1.64. The summed E-state index contributed by atoms with van der Waals surface area (Å²) in [6, 6.07) is 10.5. The van der Waals surface area contributed by atoms with Gasteiger partial charge >= 0.3 is 18.2 Å². The van der Waals surface area contributed by atoms with Crippen molar-refractivity contribution < 1.29 is 52.9 Å². The first-order valence-electron chi connectivity index (χ1n) is 25.3. The van der Waals surface area contributed by atoms with E-state index in [2.05, 4.69) is 42.2 Å². The van der Waals surface area contributed by atoms with Crippen molar-refractivity contribution in [3.63, 3.8) is 0 Å². The van der Waals surface area contributed by atoms with Gasteiger partial charge in [0.05, 0.1) is 28.9 Å². The molecule has 0 radical (unpaired) electrons. The zero-order valence-corrected chi connectivity index (χ0v) is 44.6. The second-order valence-corrected chi connectivity index (χ2v) is 19.2. The summed E-state index contributed by atoms with van der Waals surface area (Å²) >= 11 is 0. The second kappa shape index (κ2) is 28.6. The number of urea groups is 2. The van der Waals surface area contributed by atoms with E-state index in [0.717, 1.165) is 5.39 Å². The summed E-state index contributed by atoms with van der Waals surface area (Å²) < 4.78 is 14.4. The van der Waals surface area contributed by atoms with Crippen molar-refractivity contribution in [2.45, 2.75) is 111 Å². The van der Waals surface area contributed by atoms with Crippen LogP contribution in [0.3, 0.4) is 0 Å². The van der Waals surface area contributed by atoms with Crippen LogP contribution in [-0.2, 0) is 66.2 Å². The van der Waals surface area contributed by atoms with Gasteiger partial charge in [-0.05, 0) is 63.3 Å². The Bertz CT molecular complexity index is 2850. The molecule has 3 aromatic heterocycles. The summed E-state index contributed by atoms with van der Waals surface area (Å²) in [6.45, 7) is 9.79. The molecule has 26 nitrogen and oxygen atoms in total. The highest BCUT2D eigenvalue weighted by atomic mass is 16.6. The zero-order chi connectivity index (χ0) is 56.2. The number of primary amides is 1. The molecule has 77 heavy (non-hydrogen) atoms. The van der Waals surface area contributed by atoms with E-state index < -0.39 is 59.5 Å². The number of rotatable bonds is 29. The number of anilines is 2. The van der Waals surface area contributed by atoms with E-state index in [1.807, 2.05) is 35.8 Å². The number of nitrogens with two attached hydrogens (primary N) is 1. The maximum atomic E-state index is 13.7. The van der Waals surface area contributed by atoms with Crippen LogP contribution in [0.5, 0.6) is 0 Å². The first-order chi connectivity index (χ1) is 36.7. The number of amides is 9. The molecular formula is C51H71N15O11. The first-order valence-corrected chi connectivity index (χ1v) is 25.3. The number of carbonyl (C=O) groups is 8. The second-order valence-electron chi connectivity index (χ2n) is 19.2. The molecule has 0 aliphatic carbocycles. The van der Waals surface area contributed by atoms with Crippen LogP contribution in [-0.4, -0.2) is 157 Å². The Kier molecular flexibility index (Phi) is 22.1. The maximum absolute atomic E-state index is 13.7. The quantitative estimate of drug-likeness (QED) is 0.0252. The number of hydrogen-bond acceptors (Lipinski definition) is 15. The van der Waals surface area contributed by atoms with Crippen molar-refractivity contribution in [1.82, 2.24) is 60.6 Å². The van der Waals surface area contributed by atoms with Crippen LogP contribution in [0.25, 0.3) is 21.9 Å². The van der Waals surface area contributed by atoms with E-state index in [4.69, 9.17) is 25.2 Å². The summed E-state index contributed by atoms with van der Waals surface area (Å²) in [6.07, 6.45) is 2.49. The number of aryl methyl sites for hydroxylation is 1. The lowest BCUT2D eigenvalue weighted by Gasteiger charge is -2.25. The van der Waals surface area contributed by atoms with Gasteiger partial charge < -0.3 is 66.1 Å². The van der Waals surface area contributed by atoms with Crippen LogP contribution < -0.4 is 37.6 Å². The minimum absolute atomic E-state index is 0.0911. The van der Waals surface area contributed by atoms with Gasteiger partial charge in [0.15, 0.2) is 5.82 Å². The number of pyridine rings is 1. The molecule has 26 heteroatoms. The number of para-hydroxylation sites is 1. The van der Waals surface area contributed by atoms with Gasteiger partial charge in [-0.1, -0.05) is 49.4 Å². The maximum Gasteiger partial charge on any atom is 0.409 e. The molecule has 0 spiro atoms. The number of hydrogen-bond donors (Lipinski definition) is 8. The molecule has 416 valence electrons. The molecule has 2 atom stereocenters. The zero-order valence-electron chi connectivity index (χ0n) is 44.6. The smallest absolute Gasteiger partial charge is 0.409 e. The third-order valence-electron chi connectivity index (χ3n) is 11.8. The Morgan fingerprint density at radius 3 is 2.30 bits per heavy atom. The fourth-order valence-corrected chi connectivity index (χ4v) is 7.77. The molecule has 2 aromatic carbocycles. The number of aromatic nitrogens is 6. The molecule has 0 bridgehead atoms. The number of imidazole rings is 1. The Morgan fingerprint density at radius 2 is 1.61 bits per heavy atom. The molecule has 5 aromatic rings. The number of nitrogens with one attached hydrogen (secondary N) is 6. The molecule has 0 unspecified atom stereocenters. The fraction of sp³-hybridized carbons (Fsp3) is 0.490. The third-order valence-corrected chi connectivity index (χ3v) is 11.8. The van der Waals surface area contributed by atoms with E-state index in [1.54, 1.807) is 59.0 Å². The average Bonchev–Trinajstić information content (AvgIpc) is 4.06. The summed E-state index contributed by atoms with van der Waals surface area (Å²) in [4.78, 5) is 113. The van der Waals surface area contributed by atoms with Gasteiger partial charge in [-0.3, -0.25) is 24.5 Å². The lowest BCUT2D eigenvalue weighted by Crippen LogP contribution is -2.55. The van der Waals surface area contributed by atoms with Gasteiger partial charge in [0.25, 0.3) is 0 Å². The highest BCUT2D eigenvalue weighted by Gasteiger charge is 2.30. The van der Waals surface area contributed by atoms with Gasteiger partial charge in [0.1, 0.15) is 49.5 Å². The molecule has 0 saturated carbocycles. The largest absolute Gasteiger partial charge is 0.445 e. The summed E-state index contributed by atoms with van der Waals surface area (Å²) in [5, 5.41) is 35.7. The molecule has 9 N–H and O–H groups in total. The molecule has 0 aliphatic heterocycles. The van der Waals surface area contributed by atoms with Gasteiger partial charge in [0, 0.05) is 83.4 Å². The number of aliphatic hydroxyl groups is 1.